The van der Waals surface area contributed by atoms with E-state index in [2.05, 4.69) is 0 Å². The van der Waals surface area contributed by atoms with Crippen LogP contribution in [0.5, 0.6) is 0 Å². The van der Waals surface area contributed by atoms with Gasteiger partial charge in [0, 0.05) is 13.1 Å². The van der Waals surface area contributed by atoms with Crippen LogP contribution < -0.4 is 4.90 Å². The predicted octanol–water partition coefficient (Wildman–Crippen LogP) is 2.63. The third kappa shape index (κ3) is 3.04. The van der Waals surface area contributed by atoms with Gasteiger partial charge in [0.05, 0.1) is 29.5 Å². The van der Waals surface area contributed by atoms with Crippen molar-refractivity contribution in [3.05, 3.63) is 29.3 Å². The molecule has 1 aromatic carbocycles. The molecule has 0 aliphatic carbocycles. The van der Waals surface area contributed by atoms with E-state index in [1.807, 2.05) is 6.92 Å². The van der Waals surface area contributed by atoms with Crippen LogP contribution in [0.1, 0.15) is 22.8 Å². The summed E-state index contributed by atoms with van der Waals surface area (Å²) in [4.78, 5) is 12.9. The summed E-state index contributed by atoms with van der Waals surface area (Å²) in [5.41, 5.74) is -1.01. The van der Waals surface area contributed by atoms with Crippen molar-refractivity contribution in [3.63, 3.8) is 0 Å². The monoisotopic (exact) mass is 289 g/mol. The standard InChI is InChI=1S/C13H14F3NO3/c1-8-7-17(4-5-20-8)11-3-2-9(13(14,15)16)6-10(11)12(18)19/h2-3,6,8H,4-5,7H2,1H3,(H,18,19). The number of carbonyl (C=O) groups is 1. The number of aromatic carboxylic acids is 1. The van der Waals surface area contributed by atoms with Crippen LogP contribution in [0.2, 0.25) is 0 Å². The zero-order valence-corrected chi connectivity index (χ0v) is 10.8. The molecule has 0 bridgehead atoms. The molecule has 1 heterocycles. The lowest BCUT2D eigenvalue weighted by molar-refractivity contribution is -0.137. The van der Waals surface area contributed by atoms with Crippen LogP contribution in [0.4, 0.5) is 18.9 Å². The van der Waals surface area contributed by atoms with E-state index in [9.17, 15) is 18.0 Å². The van der Waals surface area contributed by atoms with Gasteiger partial charge in [0.2, 0.25) is 0 Å². The Morgan fingerprint density at radius 1 is 1.45 bits per heavy atom. The van der Waals surface area contributed by atoms with E-state index in [0.717, 1.165) is 6.07 Å². The third-order valence-electron chi connectivity index (χ3n) is 3.14. The maximum Gasteiger partial charge on any atom is 0.416 e. The Hall–Kier alpha value is -1.76. The van der Waals surface area contributed by atoms with E-state index in [0.29, 0.717) is 31.5 Å². The van der Waals surface area contributed by atoms with Crippen LogP contribution >= 0.6 is 0 Å². The quantitative estimate of drug-likeness (QED) is 0.909. The van der Waals surface area contributed by atoms with Gasteiger partial charge in [-0.05, 0) is 25.1 Å². The molecular weight excluding hydrogens is 275 g/mol. The van der Waals surface area contributed by atoms with Crippen LogP contribution in [-0.2, 0) is 10.9 Å². The number of morpholine rings is 1. The number of alkyl halides is 3. The molecule has 0 saturated carbocycles. The van der Waals surface area contributed by atoms with Gasteiger partial charge in [-0.3, -0.25) is 0 Å². The second kappa shape index (κ2) is 5.32. The smallest absolute Gasteiger partial charge is 0.416 e. The van der Waals surface area contributed by atoms with E-state index in [1.165, 1.54) is 6.07 Å². The van der Waals surface area contributed by atoms with E-state index < -0.39 is 17.7 Å². The molecule has 1 unspecified atom stereocenters. The highest BCUT2D eigenvalue weighted by atomic mass is 19.4. The molecule has 1 saturated heterocycles. The van der Waals surface area contributed by atoms with Crippen molar-refractivity contribution in [1.82, 2.24) is 0 Å². The number of carboxylic acids is 1. The highest BCUT2D eigenvalue weighted by Crippen LogP contribution is 2.33. The van der Waals surface area contributed by atoms with Gasteiger partial charge >= 0.3 is 12.1 Å². The number of anilines is 1. The second-order valence-electron chi connectivity index (χ2n) is 4.66. The van der Waals surface area contributed by atoms with Crippen molar-refractivity contribution >= 4 is 11.7 Å². The molecule has 1 atom stereocenters. The minimum absolute atomic E-state index is 0.0901. The molecule has 1 aromatic rings. The average Bonchev–Trinajstić information content (AvgIpc) is 2.37. The first-order valence-electron chi connectivity index (χ1n) is 6.10. The molecule has 0 radical (unpaired) electrons. The first-order valence-corrected chi connectivity index (χ1v) is 6.10. The topological polar surface area (TPSA) is 49.8 Å². The summed E-state index contributed by atoms with van der Waals surface area (Å²) < 4.78 is 43.3. The highest BCUT2D eigenvalue weighted by molar-refractivity contribution is 5.94. The SMILES string of the molecule is CC1CN(c2ccc(C(F)(F)F)cc2C(=O)O)CCO1. The summed E-state index contributed by atoms with van der Waals surface area (Å²) in [6.45, 7) is 3.15. The van der Waals surface area contributed by atoms with E-state index in [1.54, 1.807) is 4.90 Å². The molecule has 20 heavy (non-hydrogen) atoms. The van der Waals surface area contributed by atoms with Crippen LogP contribution in [0.25, 0.3) is 0 Å². The molecule has 7 heteroatoms. The van der Waals surface area contributed by atoms with Gasteiger partial charge in [-0.2, -0.15) is 13.2 Å². The van der Waals surface area contributed by atoms with Crippen LogP contribution in [0, 0.1) is 0 Å². The average molecular weight is 289 g/mol. The van der Waals surface area contributed by atoms with E-state index >= 15 is 0 Å². The number of rotatable bonds is 2. The molecule has 0 amide bonds. The summed E-state index contributed by atoms with van der Waals surface area (Å²) in [6, 6.07) is 2.80. The lowest BCUT2D eigenvalue weighted by Gasteiger charge is -2.33. The summed E-state index contributed by atoms with van der Waals surface area (Å²) in [6.07, 6.45) is -4.64. The fourth-order valence-electron chi connectivity index (χ4n) is 2.20. The molecule has 1 fully saturated rings. The number of nitrogens with zero attached hydrogens (tertiary/aromatic N) is 1. The van der Waals surface area contributed by atoms with Gasteiger partial charge in [0.1, 0.15) is 0 Å². The minimum atomic E-state index is -4.55. The zero-order valence-electron chi connectivity index (χ0n) is 10.8. The van der Waals surface area contributed by atoms with Gasteiger partial charge in [-0.1, -0.05) is 0 Å². The lowest BCUT2D eigenvalue weighted by atomic mass is 10.1. The Bertz CT molecular complexity index is 516. The molecule has 110 valence electrons. The van der Waals surface area contributed by atoms with Gasteiger partial charge in [0.15, 0.2) is 0 Å². The van der Waals surface area contributed by atoms with Crippen molar-refractivity contribution in [2.75, 3.05) is 24.6 Å². The van der Waals surface area contributed by atoms with Gasteiger partial charge in [-0.25, -0.2) is 4.79 Å². The Morgan fingerprint density at radius 2 is 2.15 bits per heavy atom. The Kier molecular flexibility index (Phi) is 3.89. The van der Waals surface area contributed by atoms with Crippen molar-refractivity contribution < 1.29 is 27.8 Å². The number of hydrogen-bond donors (Lipinski definition) is 1. The van der Waals surface area contributed by atoms with Gasteiger partial charge in [0.25, 0.3) is 0 Å². The molecule has 0 aromatic heterocycles. The largest absolute Gasteiger partial charge is 0.478 e. The molecular formula is C13H14F3NO3. The number of carboxylic acid groups (broad SMARTS) is 1. The molecule has 0 spiro atoms. The van der Waals surface area contributed by atoms with E-state index in [4.69, 9.17) is 9.84 Å². The molecule has 1 aliphatic heterocycles. The third-order valence-corrected chi connectivity index (χ3v) is 3.14. The minimum Gasteiger partial charge on any atom is -0.478 e. The Morgan fingerprint density at radius 3 is 2.70 bits per heavy atom. The first-order chi connectivity index (χ1) is 9.29. The predicted molar refractivity (Wildman–Crippen MR) is 66.0 cm³/mol. The second-order valence-corrected chi connectivity index (χ2v) is 4.66. The maximum absolute atomic E-state index is 12.6. The van der Waals surface area contributed by atoms with Crippen molar-refractivity contribution in [2.24, 2.45) is 0 Å². The van der Waals surface area contributed by atoms with E-state index in [-0.39, 0.29) is 11.7 Å². The molecule has 1 N–H and O–H groups in total. The van der Waals surface area contributed by atoms with Gasteiger partial charge in [-0.15, -0.1) is 0 Å². The number of halogens is 3. The summed E-state index contributed by atoms with van der Waals surface area (Å²) in [7, 11) is 0. The van der Waals surface area contributed by atoms with Crippen molar-refractivity contribution in [1.29, 1.82) is 0 Å². The first kappa shape index (κ1) is 14.6. The molecule has 2 rings (SSSR count). The van der Waals surface area contributed by atoms with Crippen molar-refractivity contribution in [3.8, 4) is 0 Å². The van der Waals surface area contributed by atoms with Crippen LogP contribution in [0.3, 0.4) is 0 Å². The summed E-state index contributed by atoms with van der Waals surface area (Å²) in [5, 5.41) is 9.13. The Labute approximate surface area is 113 Å². The number of hydrogen-bond acceptors (Lipinski definition) is 3. The Balaban J connectivity index is 2.40. The highest BCUT2D eigenvalue weighted by Gasteiger charge is 2.32. The lowest BCUT2D eigenvalue weighted by Crippen LogP contribution is -2.41. The van der Waals surface area contributed by atoms with Crippen molar-refractivity contribution in [2.45, 2.75) is 19.2 Å². The normalized spacial score (nSPS) is 20.0. The molecule has 1 aliphatic rings. The number of benzene rings is 1. The van der Waals surface area contributed by atoms with Crippen LogP contribution in [-0.4, -0.2) is 36.9 Å². The zero-order chi connectivity index (χ0) is 14.9. The molecule has 4 nitrogen and oxygen atoms in total. The summed E-state index contributed by atoms with van der Waals surface area (Å²) >= 11 is 0. The maximum atomic E-state index is 12.6. The van der Waals surface area contributed by atoms with Gasteiger partial charge < -0.3 is 14.7 Å². The fraction of sp³-hybridized carbons (Fsp3) is 0.462. The fourth-order valence-corrected chi connectivity index (χ4v) is 2.20. The summed E-state index contributed by atoms with van der Waals surface area (Å²) in [5.74, 6) is -1.37. The van der Waals surface area contributed by atoms with Crippen LogP contribution in [0.15, 0.2) is 18.2 Å². The number of ether oxygens (including phenoxy) is 1.